The van der Waals surface area contributed by atoms with Crippen LogP contribution in [0.1, 0.15) is 38.7 Å². The fourth-order valence-electron chi connectivity index (χ4n) is 2.81. The minimum Gasteiger partial charge on any atom is -0.354 e. The van der Waals surface area contributed by atoms with E-state index in [-0.39, 0.29) is 11.9 Å². The van der Waals surface area contributed by atoms with Gasteiger partial charge in [-0.05, 0) is 44.0 Å². The molecule has 0 unspecified atom stereocenters. The highest BCUT2D eigenvalue weighted by Gasteiger charge is 2.45. The molecule has 1 atom stereocenters. The van der Waals surface area contributed by atoms with Gasteiger partial charge in [0.1, 0.15) is 0 Å². The van der Waals surface area contributed by atoms with Crippen LogP contribution in [0.25, 0.3) is 0 Å². The number of rotatable bonds is 6. The van der Waals surface area contributed by atoms with Gasteiger partial charge in [0.2, 0.25) is 5.91 Å². The number of nitrogens with one attached hydrogen (secondary N) is 2. The third kappa shape index (κ3) is 3.53. The number of carbonyl (C=O) groups excluding carboxylic acids is 1. The Hall–Kier alpha value is -0.770. The van der Waals surface area contributed by atoms with Gasteiger partial charge >= 0.3 is 0 Å². The Morgan fingerprint density at radius 3 is 2.57 bits per heavy atom. The van der Waals surface area contributed by atoms with Crippen LogP contribution in [-0.4, -0.2) is 25.0 Å². The van der Waals surface area contributed by atoms with E-state index < -0.39 is 5.41 Å². The van der Waals surface area contributed by atoms with Gasteiger partial charge in [-0.25, -0.2) is 0 Å². The van der Waals surface area contributed by atoms with Crippen molar-refractivity contribution in [3.8, 4) is 0 Å². The number of carbonyl (C=O) groups is 1. The van der Waals surface area contributed by atoms with E-state index in [1.54, 1.807) is 6.07 Å². The summed E-state index contributed by atoms with van der Waals surface area (Å²) in [7, 11) is 0. The fraction of sp³-hybridized carbons (Fsp3) is 0.562. The molecule has 21 heavy (non-hydrogen) atoms. The smallest absolute Gasteiger partial charge is 0.230 e. The molecule has 116 valence electrons. The Morgan fingerprint density at radius 2 is 2.05 bits per heavy atom. The van der Waals surface area contributed by atoms with Crippen LogP contribution in [0.4, 0.5) is 0 Å². The van der Waals surface area contributed by atoms with Crippen LogP contribution in [0.3, 0.4) is 0 Å². The molecule has 3 nitrogen and oxygen atoms in total. The van der Waals surface area contributed by atoms with E-state index in [4.69, 9.17) is 23.2 Å². The molecule has 1 amide bonds. The van der Waals surface area contributed by atoms with Gasteiger partial charge in [-0.3, -0.25) is 4.79 Å². The largest absolute Gasteiger partial charge is 0.354 e. The van der Waals surface area contributed by atoms with Gasteiger partial charge in [0.25, 0.3) is 0 Å². The maximum atomic E-state index is 12.6. The van der Waals surface area contributed by atoms with Crippen LogP contribution in [-0.2, 0) is 10.2 Å². The van der Waals surface area contributed by atoms with Crippen LogP contribution in [0.2, 0.25) is 10.0 Å². The van der Waals surface area contributed by atoms with Crippen molar-refractivity contribution in [3.63, 3.8) is 0 Å². The van der Waals surface area contributed by atoms with Gasteiger partial charge in [0.05, 0.1) is 15.5 Å². The molecule has 0 radical (unpaired) electrons. The highest BCUT2D eigenvalue weighted by molar-refractivity contribution is 6.42. The molecule has 1 aliphatic rings. The van der Waals surface area contributed by atoms with Crippen LogP contribution in [0, 0.1) is 0 Å². The number of amides is 1. The van der Waals surface area contributed by atoms with Crippen LogP contribution < -0.4 is 10.6 Å². The molecule has 2 N–H and O–H groups in total. The number of likely N-dealkylation sites (N-methyl/N-ethyl adjacent to an activating group) is 1. The molecule has 0 aromatic heterocycles. The zero-order chi connectivity index (χ0) is 15.5. The topological polar surface area (TPSA) is 41.1 Å². The minimum absolute atomic E-state index is 0.0943. The summed E-state index contributed by atoms with van der Waals surface area (Å²) in [5.74, 6) is 0.0943. The third-order valence-electron chi connectivity index (χ3n) is 4.24. The molecule has 5 heteroatoms. The Bertz CT molecular complexity index is 515. The van der Waals surface area contributed by atoms with Crippen molar-refractivity contribution in [1.82, 2.24) is 10.6 Å². The predicted octanol–water partition coefficient (Wildman–Crippen LogP) is 3.53. The maximum absolute atomic E-state index is 12.6. The Morgan fingerprint density at radius 1 is 1.33 bits per heavy atom. The van der Waals surface area contributed by atoms with Crippen molar-refractivity contribution in [1.29, 1.82) is 0 Å². The second-order valence-electron chi connectivity index (χ2n) is 5.73. The molecule has 1 fully saturated rings. The van der Waals surface area contributed by atoms with E-state index in [0.717, 1.165) is 31.4 Å². The monoisotopic (exact) mass is 328 g/mol. The van der Waals surface area contributed by atoms with Gasteiger partial charge in [0, 0.05) is 12.6 Å². The average Bonchev–Trinajstić information content (AvgIpc) is 2.39. The first-order chi connectivity index (χ1) is 9.99. The average molecular weight is 329 g/mol. The summed E-state index contributed by atoms with van der Waals surface area (Å²) in [6, 6.07) is 5.79. The predicted molar refractivity (Wildman–Crippen MR) is 88.1 cm³/mol. The van der Waals surface area contributed by atoms with Gasteiger partial charge in [-0.1, -0.05) is 42.6 Å². The fourth-order valence-corrected chi connectivity index (χ4v) is 3.10. The molecule has 2 rings (SSSR count). The number of benzene rings is 1. The Labute approximate surface area is 136 Å². The molecule has 1 saturated carbocycles. The zero-order valence-electron chi connectivity index (χ0n) is 12.5. The molecule has 0 spiro atoms. The molecule has 0 saturated heterocycles. The van der Waals surface area contributed by atoms with Crippen LogP contribution >= 0.6 is 23.2 Å². The van der Waals surface area contributed by atoms with E-state index in [1.807, 2.05) is 12.1 Å². The lowest BCUT2D eigenvalue weighted by Crippen LogP contribution is -2.51. The first-order valence-electron chi connectivity index (χ1n) is 7.47. The maximum Gasteiger partial charge on any atom is 0.230 e. The van der Waals surface area contributed by atoms with Crippen molar-refractivity contribution in [3.05, 3.63) is 33.8 Å². The summed E-state index contributed by atoms with van der Waals surface area (Å²) >= 11 is 12.1. The first kappa shape index (κ1) is 16.6. The highest BCUT2D eigenvalue weighted by atomic mass is 35.5. The summed E-state index contributed by atoms with van der Waals surface area (Å²) < 4.78 is 0. The van der Waals surface area contributed by atoms with Crippen molar-refractivity contribution in [2.75, 3.05) is 13.1 Å². The normalized spacial score (nSPS) is 17.9. The van der Waals surface area contributed by atoms with Crippen LogP contribution in [0.5, 0.6) is 0 Å². The second-order valence-corrected chi connectivity index (χ2v) is 6.55. The Balaban J connectivity index is 2.10. The van der Waals surface area contributed by atoms with Crippen molar-refractivity contribution >= 4 is 29.1 Å². The third-order valence-corrected chi connectivity index (χ3v) is 4.97. The molecule has 0 aliphatic heterocycles. The lowest BCUT2D eigenvalue weighted by atomic mass is 9.64. The minimum atomic E-state index is -0.430. The van der Waals surface area contributed by atoms with E-state index in [9.17, 15) is 4.79 Å². The Kier molecular flexibility index (Phi) is 5.53. The standard InChI is InChI=1S/C16H22Cl2N2O/c1-3-19-11(2)10-20-15(21)16(7-4-8-16)12-5-6-13(17)14(18)9-12/h5-6,9,11,19H,3-4,7-8,10H2,1-2H3,(H,20,21)/t11-/m1/s1. The van der Waals surface area contributed by atoms with Gasteiger partial charge in [0.15, 0.2) is 0 Å². The van der Waals surface area contributed by atoms with Crippen molar-refractivity contribution in [2.24, 2.45) is 0 Å². The van der Waals surface area contributed by atoms with Gasteiger partial charge in [-0.2, -0.15) is 0 Å². The van der Waals surface area contributed by atoms with Crippen LogP contribution in [0.15, 0.2) is 18.2 Å². The number of halogens is 2. The highest BCUT2D eigenvalue weighted by Crippen LogP contribution is 2.45. The summed E-state index contributed by atoms with van der Waals surface area (Å²) in [4.78, 5) is 12.6. The number of hydrogen-bond acceptors (Lipinski definition) is 2. The van der Waals surface area contributed by atoms with E-state index in [1.165, 1.54) is 0 Å². The van der Waals surface area contributed by atoms with Gasteiger partial charge in [-0.15, -0.1) is 0 Å². The van der Waals surface area contributed by atoms with Crippen molar-refractivity contribution in [2.45, 2.75) is 44.6 Å². The molecule has 1 aliphatic carbocycles. The quantitative estimate of drug-likeness (QED) is 0.838. The summed E-state index contributed by atoms with van der Waals surface area (Å²) in [5, 5.41) is 7.39. The molecule has 1 aromatic carbocycles. The number of hydrogen-bond donors (Lipinski definition) is 2. The lowest BCUT2D eigenvalue weighted by molar-refractivity contribution is -0.130. The molecule has 0 bridgehead atoms. The zero-order valence-corrected chi connectivity index (χ0v) is 14.0. The van der Waals surface area contributed by atoms with Crippen molar-refractivity contribution < 1.29 is 4.79 Å². The van der Waals surface area contributed by atoms with E-state index >= 15 is 0 Å². The van der Waals surface area contributed by atoms with Gasteiger partial charge < -0.3 is 10.6 Å². The summed E-state index contributed by atoms with van der Waals surface area (Å²) in [6.45, 7) is 5.66. The summed E-state index contributed by atoms with van der Waals surface area (Å²) in [5.41, 5.74) is 0.539. The molecule has 1 aromatic rings. The molecule has 0 heterocycles. The SMILES string of the molecule is CCN[C@H](C)CNC(=O)C1(c2ccc(Cl)c(Cl)c2)CCC1. The second kappa shape index (κ2) is 6.99. The van der Waals surface area contributed by atoms with E-state index in [0.29, 0.717) is 16.6 Å². The summed E-state index contributed by atoms with van der Waals surface area (Å²) in [6.07, 6.45) is 2.80. The first-order valence-corrected chi connectivity index (χ1v) is 8.22. The lowest BCUT2D eigenvalue weighted by Gasteiger charge is -2.41. The molecular weight excluding hydrogens is 307 g/mol. The molecular formula is C16H22Cl2N2O. The van der Waals surface area contributed by atoms with E-state index in [2.05, 4.69) is 24.5 Å².